The molecule has 3 nitrogen and oxygen atoms in total. The van der Waals surface area contributed by atoms with Crippen molar-refractivity contribution in [2.75, 3.05) is 24.5 Å². The molecule has 2 rings (SSSR count). The summed E-state index contributed by atoms with van der Waals surface area (Å²) in [4.78, 5) is 13.8. The van der Waals surface area contributed by atoms with Gasteiger partial charge in [0.15, 0.2) is 0 Å². The Balaban J connectivity index is 2.21. The lowest BCUT2D eigenvalue weighted by atomic mass is 10.0. The number of hydrogen-bond donors (Lipinski definition) is 1. The minimum atomic E-state index is 0.190. The molecule has 0 radical (unpaired) electrons. The standard InChI is InChI=1S/C15H22N2O/c1-3-13-7-4-6-12(2)15(13)17-10-5-8-14(18)16-9-11-17/h4,6-7H,3,5,8-11H2,1-2H3,(H,16,18). The maximum atomic E-state index is 11.3. The highest BCUT2D eigenvalue weighted by Crippen LogP contribution is 2.26. The molecular formula is C15H22N2O. The van der Waals surface area contributed by atoms with Crippen LogP contribution in [0.2, 0.25) is 0 Å². The smallest absolute Gasteiger partial charge is 0.220 e. The molecule has 1 N–H and O–H groups in total. The summed E-state index contributed by atoms with van der Waals surface area (Å²) < 4.78 is 0. The molecule has 18 heavy (non-hydrogen) atoms. The number of hydrogen-bond acceptors (Lipinski definition) is 2. The quantitative estimate of drug-likeness (QED) is 0.868. The fourth-order valence-electron chi connectivity index (χ4n) is 2.64. The zero-order valence-corrected chi connectivity index (χ0v) is 11.3. The summed E-state index contributed by atoms with van der Waals surface area (Å²) in [7, 11) is 0. The third-order valence-electron chi connectivity index (χ3n) is 3.55. The van der Waals surface area contributed by atoms with E-state index < -0.39 is 0 Å². The molecular weight excluding hydrogens is 224 g/mol. The van der Waals surface area contributed by atoms with Gasteiger partial charge in [0.1, 0.15) is 0 Å². The molecule has 0 aromatic heterocycles. The topological polar surface area (TPSA) is 32.3 Å². The van der Waals surface area contributed by atoms with Gasteiger partial charge in [-0.25, -0.2) is 0 Å². The molecule has 1 fully saturated rings. The molecule has 0 spiro atoms. The maximum Gasteiger partial charge on any atom is 0.220 e. The largest absolute Gasteiger partial charge is 0.369 e. The Morgan fingerprint density at radius 2 is 2.17 bits per heavy atom. The van der Waals surface area contributed by atoms with Crippen LogP contribution in [0.5, 0.6) is 0 Å². The Labute approximate surface area is 109 Å². The van der Waals surface area contributed by atoms with Gasteiger partial charge in [0, 0.05) is 31.7 Å². The van der Waals surface area contributed by atoms with Gasteiger partial charge in [0.2, 0.25) is 5.91 Å². The van der Waals surface area contributed by atoms with Crippen molar-refractivity contribution in [3.63, 3.8) is 0 Å². The summed E-state index contributed by atoms with van der Waals surface area (Å²) in [6, 6.07) is 6.51. The lowest BCUT2D eigenvalue weighted by molar-refractivity contribution is -0.121. The van der Waals surface area contributed by atoms with Gasteiger partial charge in [-0.15, -0.1) is 0 Å². The summed E-state index contributed by atoms with van der Waals surface area (Å²) in [5.74, 6) is 0.190. The molecule has 0 atom stereocenters. The van der Waals surface area contributed by atoms with Gasteiger partial charge in [-0.05, 0) is 30.9 Å². The molecule has 1 heterocycles. The molecule has 0 saturated carbocycles. The Kier molecular flexibility index (Phi) is 4.24. The summed E-state index contributed by atoms with van der Waals surface area (Å²) in [5.41, 5.74) is 4.11. The van der Waals surface area contributed by atoms with Crippen LogP contribution in [0.1, 0.15) is 30.9 Å². The zero-order valence-electron chi connectivity index (χ0n) is 11.3. The van der Waals surface area contributed by atoms with Crippen molar-refractivity contribution in [1.29, 1.82) is 0 Å². The summed E-state index contributed by atoms with van der Waals surface area (Å²) in [6.07, 6.45) is 2.63. The Morgan fingerprint density at radius 3 is 2.94 bits per heavy atom. The number of rotatable bonds is 2. The van der Waals surface area contributed by atoms with E-state index in [1.807, 2.05) is 0 Å². The highest BCUT2D eigenvalue weighted by atomic mass is 16.1. The number of anilines is 1. The van der Waals surface area contributed by atoms with Crippen LogP contribution in [0, 0.1) is 6.92 Å². The monoisotopic (exact) mass is 246 g/mol. The van der Waals surface area contributed by atoms with Crippen LogP contribution in [0.4, 0.5) is 5.69 Å². The van der Waals surface area contributed by atoms with Gasteiger partial charge in [0.05, 0.1) is 0 Å². The van der Waals surface area contributed by atoms with Gasteiger partial charge in [-0.2, -0.15) is 0 Å². The number of carbonyl (C=O) groups is 1. The van der Waals surface area contributed by atoms with Gasteiger partial charge in [0.25, 0.3) is 0 Å². The van der Waals surface area contributed by atoms with Crippen LogP contribution < -0.4 is 10.2 Å². The van der Waals surface area contributed by atoms with Gasteiger partial charge >= 0.3 is 0 Å². The fourth-order valence-corrected chi connectivity index (χ4v) is 2.64. The first kappa shape index (κ1) is 12.9. The average Bonchev–Trinajstić information content (AvgIpc) is 2.34. The molecule has 0 aliphatic carbocycles. The number of nitrogens with zero attached hydrogens (tertiary/aromatic N) is 1. The number of amides is 1. The van der Waals surface area contributed by atoms with E-state index in [0.717, 1.165) is 32.5 Å². The SMILES string of the molecule is CCc1cccc(C)c1N1CCCC(=O)NCC1. The Hall–Kier alpha value is -1.51. The van der Waals surface area contributed by atoms with Gasteiger partial charge in [-0.3, -0.25) is 4.79 Å². The van der Waals surface area contributed by atoms with E-state index in [2.05, 4.69) is 42.3 Å². The first-order chi connectivity index (χ1) is 8.72. The molecule has 1 aromatic carbocycles. The van der Waals surface area contributed by atoms with Gasteiger partial charge < -0.3 is 10.2 Å². The highest BCUT2D eigenvalue weighted by molar-refractivity contribution is 5.76. The van der Waals surface area contributed by atoms with E-state index >= 15 is 0 Å². The van der Waals surface area contributed by atoms with Crippen LogP contribution in [0.25, 0.3) is 0 Å². The summed E-state index contributed by atoms with van der Waals surface area (Å²) in [6.45, 7) is 7.00. The van der Waals surface area contributed by atoms with Crippen molar-refractivity contribution in [1.82, 2.24) is 5.32 Å². The first-order valence-corrected chi connectivity index (χ1v) is 6.82. The molecule has 1 amide bonds. The number of benzene rings is 1. The average molecular weight is 246 g/mol. The number of aryl methyl sites for hydroxylation is 2. The lowest BCUT2D eigenvalue weighted by Gasteiger charge is -2.30. The third kappa shape index (κ3) is 2.84. The highest BCUT2D eigenvalue weighted by Gasteiger charge is 2.15. The van der Waals surface area contributed by atoms with E-state index in [-0.39, 0.29) is 5.91 Å². The van der Waals surface area contributed by atoms with Crippen molar-refractivity contribution in [2.24, 2.45) is 0 Å². The normalized spacial score (nSPS) is 17.0. The molecule has 98 valence electrons. The van der Waals surface area contributed by atoms with Crippen LogP contribution >= 0.6 is 0 Å². The van der Waals surface area contributed by atoms with E-state index in [1.165, 1.54) is 16.8 Å². The van der Waals surface area contributed by atoms with E-state index in [1.54, 1.807) is 0 Å². The second kappa shape index (κ2) is 5.89. The maximum absolute atomic E-state index is 11.3. The van der Waals surface area contributed by atoms with Gasteiger partial charge in [-0.1, -0.05) is 25.1 Å². The van der Waals surface area contributed by atoms with Crippen molar-refractivity contribution < 1.29 is 4.79 Å². The summed E-state index contributed by atoms with van der Waals surface area (Å²) >= 11 is 0. The minimum absolute atomic E-state index is 0.190. The van der Waals surface area contributed by atoms with Crippen LogP contribution in [0.15, 0.2) is 18.2 Å². The van der Waals surface area contributed by atoms with Crippen molar-refractivity contribution in [3.8, 4) is 0 Å². The van der Waals surface area contributed by atoms with Crippen molar-refractivity contribution in [3.05, 3.63) is 29.3 Å². The first-order valence-electron chi connectivity index (χ1n) is 6.82. The number of para-hydroxylation sites is 1. The van der Waals surface area contributed by atoms with Crippen LogP contribution in [-0.2, 0) is 11.2 Å². The minimum Gasteiger partial charge on any atom is -0.369 e. The molecule has 0 bridgehead atoms. The fraction of sp³-hybridized carbons (Fsp3) is 0.533. The Morgan fingerprint density at radius 1 is 1.33 bits per heavy atom. The van der Waals surface area contributed by atoms with E-state index in [9.17, 15) is 4.79 Å². The molecule has 1 aliphatic rings. The number of nitrogens with one attached hydrogen (secondary N) is 1. The van der Waals surface area contributed by atoms with E-state index in [0.29, 0.717) is 6.42 Å². The lowest BCUT2D eigenvalue weighted by Crippen LogP contribution is -2.39. The Bertz CT molecular complexity index is 417. The van der Waals surface area contributed by atoms with Crippen LogP contribution in [-0.4, -0.2) is 25.5 Å². The second-order valence-corrected chi connectivity index (χ2v) is 4.88. The summed E-state index contributed by atoms with van der Waals surface area (Å²) in [5, 5.41) is 2.96. The zero-order chi connectivity index (χ0) is 13.0. The molecule has 3 heteroatoms. The van der Waals surface area contributed by atoms with Crippen molar-refractivity contribution >= 4 is 11.6 Å². The second-order valence-electron chi connectivity index (χ2n) is 4.88. The predicted molar refractivity (Wildman–Crippen MR) is 75.0 cm³/mol. The third-order valence-corrected chi connectivity index (χ3v) is 3.55. The van der Waals surface area contributed by atoms with Crippen LogP contribution in [0.3, 0.4) is 0 Å². The predicted octanol–water partition coefficient (Wildman–Crippen LogP) is 2.27. The number of carbonyl (C=O) groups excluding carboxylic acids is 1. The van der Waals surface area contributed by atoms with E-state index in [4.69, 9.17) is 0 Å². The molecule has 1 aromatic rings. The molecule has 1 aliphatic heterocycles. The van der Waals surface area contributed by atoms with Crippen molar-refractivity contribution in [2.45, 2.75) is 33.1 Å². The molecule has 1 saturated heterocycles. The molecule has 0 unspecified atom stereocenters.